The Morgan fingerprint density at radius 3 is 2.62 bits per heavy atom. The van der Waals surface area contributed by atoms with E-state index < -0.39 is 11.9 Å². The first-order valence-electron chi connectivity index (χ1n) is 7.46. The molecule has 0 aliphatic carbocycles. The van der Waals surface area contributed by atoms with Crippen molar-refractivity contribution in [3.8, 4) is 17.2 Å². The van der Waals surface area contributed by atoms with Crippen LogP contribution < -0.4 is 20.1 Å². The van der Waals surface area contributed by atoms with E-state index in [1.807, 2.05) is 38.1 Å². The molecule has 7 nitrogen and oxygen atoms in total. The van der Waals surface area contributed by atoms with Crippen molar-refractivity contribution < 1.29 is 19.1 Å². The van der Waals surface area contributed by atoms with Crippen LogP contribution in [0.3, 0.4) is 0 Å². The quantitative estimate of drug-likeness (QED) is 0.654. The second-order valence-corrected chi connectivity index (χ2v) is 5.67. The van der Waals surface area contributed by atoms with E-state index in [1.165, 1.54) is 0 Å². The standard InChI is InChI=1S/C17H15N3O4/c1-9-5-11(6-13-16(21)19-17(22)18-13)10(2)20(9)12-3-4-14-15(7-12)24-8-23-14/h3-7H,8H2,1-2H3,(H2,18,19,21,22). The molecule has 2 N–H and O–H groups in total. The van der Waals surface area contributed by atoms with Crippen molar-refractivity contribution in [2.75, 3.05) is 6.79 Å². The van der Waals surface area contributed by atoms with Gasteiger partial charge >= 0.3 is 6.03 Å². The molecule has 0 bridgehead atoms. The lowest BCUT2D eigenvalue weighted by molar-refractivity contribution is -0.115. The molecule has 2 aliphatic rings. The Kier molecular flexibility index (Phi) is 3.09. The maximum Gasteiger partial charge on any atom is 0.326 e. The minimum absolute atomic E-state index is 0.231. The Bertz CT molecular complexity index is 911. The number of urea groups is 1. The lowest BCUT2D eigenvalue weighted by atomic mass is 10.2. The third kappa shape index (κ3) is 2.21. The summed E-state index contributed by atoms with van der Waals surface area (Å²) in [5.74, 6) is 1.02. The molecule has 3 heterocycles. The molecule has 2 aromatic rings. The highest BCUT2D eigenvalue weighted by Gasteiger charge is 2.24. The van der Waals surface area contributed by atoms with Crippen LogP contribution in [0.4, 0.5) is 4.79 Å². The lowest BCUT2D eigenvalue weighted by Gasteiger charge is -2.10. The number of imide groups is 1. The van der Waals surface area contributed by atoms with Gasteiger partial charge in [0.1, 0.15) is 5.70 Å². The number of amides is 3. The van der Waals surface area contributed by atoms with E-state index in [-0.39, 0.29) is 12.5 Å². The Hall–Kier alpha value is -3.22. The second kappa shape index (κ2) is 5.16. The molecule has 0 saturated carbocycles. The molecule has 0 spiro atoms. The zero-order valence-electron chi connectivity index (χ0n) is 13.2. The molecular weight excluding hydrogens is 310 g/mol. The fraction of sp³-hybridized carbons (Fsp3) is 0.176. The molecule has 1 aromatic carbocycles. The highest BCUT2D eigenvalue weighted by molar-refractivity contribution is 6.14. The molecule has 1 fully saturated rings. The normalized spacial score (nSPS) is 17.3. The van der Waals surface area contributed by atoms with E-state index in [1.54, 1.807) is 6.08 Å². The van der Waals surface area contributed by atoms with Crippen LogP contribution in [-0.4, -0.2) is 23.3 Å². The lowest BCUT2D eigenvalue weighted by Crippen LogP contribution is -2.22. The van der Waals surface area contributed by atoms with Gasteiger partial charge in [-0.3, -0.25) is 10.1 Å². The summed E-state index contributed by atoms with van der Waals surface area (Å²) < 4.78 is 12.8. The van der Waals surface area contributed by atoms with Crippen molar-refractivity contribution in [3.05, 3.63) is 46.9 Å². The van der Waals surface area contributed by atoms with Crippen LogP contribution >= 0.6 is 0 Å². The number of carbonyl (C=O) groups excluding carboxylic acids is 2. The number of nitrogens with zero attached hydrogens (tertiary/aromatic N) is 1. The zero-order valence-corrected chi connectivity index (χ0v) is 13.2. The molecular formula is C17H15N3O4. The van der Waals surface area contributed by atoms with Gasteiger partial charge in [-0.1, -0.05) is 0 Å². The summed E-state index contributed by atoms with van der Waals surface area (Å²) in [6, 6.07) is 7.21. The number of aryl methyl sites for hydroxylation is 1. The highest BCUT2D eigenvalue weighted by Crippen LogP contribution is 2.35. The van der Waals surface area contributed by atoms with Gasteiger partial charge < -0.3 is 19.4 Å². The van der Waals surface area contributed by atoms with E-state index in [4.69, 9.17) is 9.47 Å². The largest absolute Gasteiger partial charge is 0.454 e. The van der Waals surface area contributed by atoms with E-state index >= 15 is 0 Å². The first kappa shape index (κ1) is 14.4. The first-order valence-corrected chi connectivity index (χ1v) is 7.46. The summed E-state index contributed by atoms with van der Waals surface area (Å²) in [5, 5.41) is 4.69. The maximum absolute atomic E-state index is 11.7. The molecule has 2 aliphatic heterocycles. The number of hydrogen-bond acceptors (Lipinski definition) is 4. The maximum atomic E-state index is 11.7. The molecule has 3 amide bonds. The summed E-state index contributed by atoms with van der Waals surface area (Å²) in [6.07, 6.45) is 1.67. The number of fused-ring (bicyclic) bond motifs is 1. The van der Waals surface area contributed by atoms with Gasteiger partial charge in [-0.25, -0.2) is 4.79 Å². The third-order valence-electron chi connectivity index (χ3n) is 4.10. The summed E-state index contributed by atoms with van der Waals surface area (Å²) >= 11 is 0. The summed E-state index contributed by atoms with van der Waals surface area (Å²) in [5.41, 5.74) is 4.00. The number of rotatable bonds is 2. The predicted octanol–water partition coefficient (Wildman–Crippen LogP) is 2.00. The van der Waals surface area contributed by atoms with Crippen LogP contribution in [0.1, 0.15) is 17.0 Å². The van der Waals surface area contributed by atoms with Crippen molar-refractivity contribution in [2.24, 2.45) is 0 Å². The topological polar surface area (TPSA) is 81.6 Å². The average molecular weight is 325 g/mol. The molecule has 1 saturated heterocycles. The minimum atomic E-state index is -0.504. The molecule has 0 radical (unpaired) electrons. The summed E-state index contributed by atoms with van der Waals surface area (Å²) in [4.78, 5) is 22.9. The molecule has 1 aromatic heterocycles. The number of ether oxygens (including phenoxy) is 2. The van der Waals surface area contributed by atoms with Crippen LogP contribution in [0.25, 0.3) is 11.8 Å². The zero-order chi connectivity index (χ0) is 16.8. The van der Waals surface area contributed by atoms with E-state index in [0.717, 1.165) is 28.4 Å². The van der Waals surface area contributed by atoms with Gasteiger partial charge in [0.2, 0.25) is 6.79 Å². The van der Waals surface area contributed by atoms with Gasteiger partial charge in [0, 0.05) is 23.1 Å². The van der Waals surface area contributed by atoms with E-state index in [9.17, 15) is 9.59 Å². The number of benzene rings is 1. The number of carbonyl (C=O) groups is 2. The molecule has 7 heteroatoms. The first-order chi connectivity index (χ1) is 11.5. The minimum Gasteiger partial charge on any atom is -0.454 e. The van der Waals surface area contributed by atoms with Crippen LogP contribution in [0.2, 0.25) is 0 Å². The van der Waals surface area contributed by atoms with Crippen molar-refractivity contribution in [1.82, 2.24) is 15.2 Å². The van der Waals surface area contributed by atoms with Crippen molar-refractivity contribution >= 4 is 18.0 Å². The van der Waals surface area contributed by atoms with Gasteiger partial charge in [0.25, 0.3) is 5.91 Å². The Labute approximate surface area is 137 Å². The average Bonchev–Trinajstić information content (AvgIpc) is 3.19. The van der Waals surface area contributed by atoms with Crippen molar-refractivity contribution in [1.29, 1.82) is 0 Å². The molecule has 122 valence electrons. The van der Waals surface area contributed by atoms with Gasteiger partial charge in [-0.05, 0) is 43.7 Å². The SMILES string of the molecule is Cc1cc(C=C2NC(=O)NC2=O)c(C)n1-c1ccc2c(c1)OCO2. The second-order valence-electron chi connectivity index (χ2n) is 5.67. The van der Waals surface area contributed by atoms with E-state index in [2.05, 4.69) is 15.2 Å². The number of aromatic nitrogens is 1. The Balaban J connectivity index is 1.76. The van der Waals surface area contributed by atoms with Crippen molar-refractivity contribution in [3.63, 3.8) is 0 Å². The van der Waals surface area contributed by atoms with Crippen LogP contribution in [-0.2, 0) is 4.79 Å². The smallest absolute Gasteiger partial charge is 0.326 e. The number of hydrogen-bond donors (Lipinski definition) is 2. The molecule has 0 atom stereocenters. The molecule has 0 unspecified atom stereocenters. The van der Waals surface area contributed by atoms with Crippen LogP contribution in [0, 0.1) is 13.8 Å². The van der Waals surface area contributed by atoms with Crippen LogP contribution in [0.5, 0.6) is 11.5 Å². The predicted molar refractivity (Wildman–Crippen MR) is 86.0 cm³/mol. The summed E-state index contributed by atoms with van der Waals surface area (Å²) in [6.45, 7) is 4.17. The highest BCUT2D eigenvalue weighted by atomic mass is 16.7. The monoisotopic (exact) mass is 325 g/mol. The third-order valence-corrected chi connectivity index (χ3v) is 4.10. The number of nitrogens with one attached hydrogen (secondary N) is 2. The Morgan fingerprint density at radius 1 is 1.08 bits per heavy atom. The fourth-order valence-corrected chi connectivity index (χ4v) is 2.99. The van der Waals surface area contributed by atoms with Gasteiger partial charge in [0.05, 0.1) is 0 Å². The van der Waals surface area contributed by atoms with Gasteiger partial charge in [-0.2, -0.15) is 0 Å². The van der Waals surface area contributed by atoms with E-state index in [0.29, 0.717) is 5.75 Å². The summed E-state index contributed by atoms with van der Waals surface area (Å²) in [7, 11) is 0. The molecule has 4 rings (SSSR count). The van der Waals surface area contributed by atoms with Gasteiger partial charge in [0.15, 0.2) is 11.5 Å². The van der Waals surface area contributed by atoms with Crippen molar-refractivity contribution in [2.45, 2.75) is 13.8 Å². The Morgan fingerprint density at radius 2 is 1.88 bits per heavy atom. The van der Waals surface area contributed by atoms with Gasteiger partial charge in [-0.15, -0.1) is 0 Å². The molecule has 24 heavy (non-hydrogen) atoms. The van der Waals surface area contributed by atoms with Crippen LogP contribution in [0.15, 0.2) is 30.0 Å². The fourth-order valence-electron chi connectivity index (χ4n) is 2.99.